The molecule has 4 rings (SSSR count). The van der Waals surface area contributed by atoms with Crippen LogP contribution in [0.3, 0.4) is 0 Å². The van der Waals surface area contributed by atoms with E-state index in [2.05, 4.69) is 5.32 Å². The van der Waals surface area contributed by atoms with E-state index in [4.69, 9.17) is 10.5 Å². The number of likely N-dealkylation sites (N-methyl/N-ethyl adjacent to an activating group) is 1. The molecule has 2 heterocycles. The smallest absolute Gasteiger partial charge is 0.270 e. The number of nitrogens with two attached hydrogens (primary N) is 1. The minimum Gasteiger partial charge on any atom is -0.497 e. The summed E-state index contributed by atoms with van der Waals surface area (Å²) in [5, 5.41) is 4.06. The monoisotopic (exact) mass is 511 g/mol. The van der Waals surface area contributed by atoms with E-state index < -0.39 is 17.4 Å². The quantitative estimate of drug-likeness (QED) is 0.594. The van der Waals surface area contributed by atoms with Crippen LogP contribution < -0.4 is 15.8 Å². The van der Waals surface area contributed by atoms with Gasteiger partial charge in [-0.05, 0) is 57.9 Å². The number of hydrogen-bond donors (Lipinski definition) is 2. The zero-order valence-electron chi connectivity index (χ0n) is 22.8. The molecule has 0 spiro atoms. The van der Waals surface area contributed by atoms with Gasteiger partial charge in [0.05, 0.1) is 18.5 Å². The van der Waals surface area contributed by atoms with E-state index in [-0.39, 0.29) is 23.8 Å². The van der Waals surface area contributed by atoms with Crippen molar-refractivity contribution >= 4 is 28.6 Å². The maximum atomic E-state index is 14.1. The third-order valence-corrected chi connectivity index (χ3v) is 8.71. The van der Waals surface area contributed by atoms with Gasteiger partial charge in [-0.25, -0.2) is 0 Å². The second-order valence-electron chi connectivity index (χ2n) is 10.8. The van der Waals surface area contributed by atoms with Crippen molar-refractivity contribution in [1.29, 1.82) is 0 Å². The van der Waals surface area contributed by atoms with E-state index in [9.17, 15) is 14.4 Å². The summed E-state index contributed by atoms with van der Waals surface area (Å²) in [5.74, 6) is -0.297. The first kappa shape index (κ1) is 27.0. The number of carbonyl (C=O) groups is 3. The predicted octanol–water partition coefficient (Wildman–Crippen LogP) is 2.52. The second kappa shape index (κ2) is 10.7. The fraction of sp³-hybridized carbons (Fsp3) is 0.607. The fourth-order valence-corrected chi connectivity index (χ4v) is 6.27. The highest BCUT2D eigenvalue weighted by Crippen LogP contribution is 2.38. The number of nitrogens with one attached hydrogen (secondary N) is 1. The van der Waals surface area contributed by atoms with Gasteiger partial charge in [-0.1, -0.05) is 19.3 Å². The standard InChI is InChI=1S/C28H41N5O4/c1-18-17-32(25(34)23-15-20-11-12-21(37-5)16-22(20)31(23)4)13-14-33(18)26(35)24(19-9-7-6-8-10-19)28(2,30-3)27(29)36/h11-12,15-16,18-19,24,30H,6-10,13-14,17H2,1-5H3,(H2,29,36)/t18-,24+,28?/m0/s1. The number of methoxy groups -OCH3 is 1. The molecule has 3 atom stereocenters. The Morgan fingerprint density at radius 3 is 2.43 bits per heavy atom. The van der Waals surface area contributed by atoms with Gasteiger partial charge >= 0.3 is 0 Å². The van der Waals surface area contributed by atoms with E-state index >= 15 is 0 Å². The maximum absolute atomic E-state index is 14.1. The lowest BCUT2D eigenvalue weighted by Crippen LogP contribution is -2.65. The van der Waals surface area contributed by atoms with E-state index in [1.54, 1.807) is 21.1 Å². The van der Waals surface area contributed by atoms with Crippen LogP contribution in [0.1, 0.15) is 56.4 Å². The normalized spacial score (nSPS) is 21.5. The molecule has 9 heteroatoms. The van der Waals surface area contributed by atoms with Crippen molar-refractivity contribution in [2.24, 2.45) is 24.6 Å². The number of benzene rings is 1. The third-order valence-electron chi connectivity index (χ3n) is 8.71. The van der Waals surface area contributed by atoms with Crippen LogP contribution in [0.25, 0.3) is 10.9 Å². The molecular weight excluding hydrogens is 470 g/mol. The fourth-order valence-electron chi connectivity index (χ4n) is 6.27. The van der Waals surface area contributed by atoms with Gasteiger partial charge < -0.3 is 30.2 Å². The Labute approximate surface area is 219 Å². The van der Waals surface area contributed by atoms with E-state index in [0.29, 0.717) is 25.3 Å². The van der Waals surface area contributed by atoms with E-state index in [1.165, 1.54) is 0 Å². The molecule has 0 bridgehead atoms. The number of amides is 3. The Balaban J connectivity index is 1.54. The number of aryl methyl sites for hydroxylation is 1. The summed E-state index contributed by atoms with van der Waals surface area (Å²) >= 11 is 0. The minimum atomic E-state index is -1.13. The Hall–Kier alpha value is -3.07. The Bertz CT molecular complexity index is 1170. The number of hydrogen-bond acceptors (Lipinski definition) is 5. The lowest BCUT2D eigenvalue weighted by atomic mass is 9.69. The second-order valence-corrected chi connectivity index (χ2v) is 10.8. The number of rotatable bonds is 7. The van der Waals surface area contributed by atoms with Crippen LogP contribution in [0.2, 0.25) is 0 Å². The lowest BCUT2D eigenvalue weighted by molar-refractivity contribution is -0.149. The summed E-state index contributed by atoms with van der Waals surface area (Å²) < 4.78 is 7.24. The van der Waals surface area contributed by atoms with Crippen LogP contribution in [-0.2, 0) is 16.6 Å². The average Bonchev–Trinajstić information content (AvgIpc) is 3.23. The Morgan fingerprint density at radius 2 is 1.84 bits per heavy atom. The van der Waals surface area contributed by atoms with Crippen molar-refractivity contribution in [1.82, 2.24) is 19.7 Å². The molecule has 37 heavy (non-hydrogen) atoms. The molecule has 1 saturated carbocycles. The topological polar surface area (TPSA) is 110 Å². The Morgan fingerprint density at radius 1 is 1.14 bits per heavy atom. The zero-order valence-corrected chi connectivity index (χ0v) is 22.8. The van der Waals surface area contributed by atoms with E-state index in [0.717, 1.165) is 48.8 Å². The minimum absolute atomic E-state index is 0.0427. The molecule has 1 saturated heterocycles. The van der Waals surface area contributed by atoms with Gasteiger partial charge in [-0.2, -0.15) is 0 Å². The van der Waals surface area contributed by atoms with Gasteiger partial charge in [0.25, 0.3) is 5.91 Å². The molecule has 2 aliphatic rings. The van der Waals surface area contributed by atoms with Crippen molar-refractivity contribution in [3.8, 4) is 5.75 Å². The molecule has 2 aromatic rings. The highest BCUT2D eigenvalue weighted by Gasteiger charge is 2.49. The molecular formula is C28H41N5O4. The third kappa shape index (κ3) is 4.93. The highest BCUT2D eigenvalue weighted by atomic mass is 16.5. The van der Waals surface area contributed by atoms with Crippen LogP contribution in [0.4, 0.5) is 0 Å². The number of nitrogens with zero attached hydrogens (tertiary/aromatic N) is 3. The Kier molecular flexibility index (Phi) is 7.83. The first-order chi connectivity index (χ1) is 17.6. The predicted molar refractivity (Wildman–Crippen MR) is 143 cm³/mol. The van der Waals surface area contributed by atoms with Gasteiger partial charge in [0.1, 0.15) is 17.0 Å². The number of aromatic nitrogens is 1. The van der Waals surface area contributed by atoms with Crippen LogP contribution >= 0.6 is 0 Å². The summed E-state index contributed by atoms with van der Waals surface area (Å²) in [6.45, 7) is 5.02. The van der Waals surface area contributed by atoms with Crippen molar-refractivity contribution in [3.63, 3.8) is 0 Å². The van der Waals surface area contributed by atoms with Crippen LogP contribution in [0.15, 0.2) is 24.3 Å². The molecule has 1 aromatic carbocycles. The van der Waals surface area contributed by atoms with Crippen molar-refractivity contribution < 1.29 is 19.1 Å². The number of ether oxygens (including phenoxy) is 1. The van der Waals surface area contributed by atoms with Gasteiger partial charge in [0.15, 0.2) is 0 Å². The number of piperazine rings is 1. The highest BCUT2D eigenvalue weighted by molar-refractivity contribution is 5.99. The molecule has 1 aliphatic carbocycles. The lowest BCUT2D eigenvalue weighted by Gasteiger charge is -2.46. The zero-order chi connectivity index (χ0) is 26.9. The maximum Gasteiger partial charge on any atom is 0.270 e. The van der Waals surface area contributed by atoms with Crippen LogP contribution in [-0.4, -0.2) is 77.5 Å². The molecule has 9 nitrogen and oxygen atoms in total. The van der Waals surface area contributed by atoms with E-state index in [1.807, 2.05) is 52.6 Å². The first-order valence-electron chi connectivity index (χ1n) is 13.3. The van der Waals surface area contributed by atoms with Gasteiger partial charge in [-0.15, -0.1) is 0 Å². The summed E-state index contributed by atoms with van der Waals surface area (Å²) in [4.78, 5) is 43.8. The van der Waals surface area contributed by atoms with Crippen LogP contribution in [0, 0.1) is 11.8 Å². The molecule has 3 amide bonds. The molecule has 3 N–H and O–H groups in total. The number of fused-ring (bicyclic) bond motifs is 1. The number of carbonyl (C=O) groups excluding carboxylic acids is 3. The number of primary amides is 1. The molecule has 202 valence electrons. The van der Waals surface area contributed by atoms with Crippen molar-refractivity contribution in [2.75, 3.05) is 33.8 Å². The molecule has 1 aliphatic heterocycles. The molecule has 1 unspecified atom stereocenters. The summed E-state index contributed by atoms with van der Waals surface area (Å²) in [5.41, 5.74) is 6.25. The summed E-state index contributed by atoms with van der Waals surface area (Å²) in [6, 6.07) is 7.49. The molecule has 0 radical (unpaired) electrons. The van der Waals surface area contributed by atoms with Crippen molar-refractivity contribution in [3.05, 3.63) is 30.0 Å². The van der Waals surface area contributed by atoms with Crippen LogP contribution in [0.5, 0.6) is 5.75 Å². The summed E-state index contributed by atoms with van der Waals surface area (Å²) in [6.07, 6.45) is 5.10. The van der Waals surface area contributed by atoms with Gasteiger partial charge in [0, 0.05) is 44.2 Å². The first-order valence-corrected chi connectivity index (χ1v) is 13.3. The largest absolute Gasteiger partial charge is 0.497 e. The van der Waals surface area contributed by atoms with Gasteiger partial charge in [-0.3, -0.25) is 14.4 Å². The van der Waals surface area contributed by atoms with Crippen molar-refractivity contribution in [2.45, 2.75) is 57.5 Å². The molecule has 2 fully saturated rings. The summed E-state index contributed by atoms with van der Waals surface area (Å²) in [7, 11) is 5.21. The SMILES string of the molecule is CNC(C)(C(N)=O)[C@@H](C(=O)N1CCN(C(=O)c2cc3ccc(OC)cc3n2C)C[C@@H]1C)C1CCCCC1. The van der Waals surface area contributed by atoms with Gasteiger partial charge in [0.2, 0.25) is 11.8 Å². The average molecular weight is 512 g/mol. The molecule has 1 aromatic heterocycles.